The van der Waals surface area contributed by atoms with Gasteiger partial charge in [-0.2, -0.15) is 0 Å². The van der Waals surface area contributed by atoms with Gasteiger partial charge in [-0.1, -0.05) is 13.0 Å². The third-order valence-electron chi connectivity index (χ3n) is 3.67. The number of benzene rings is 1. The van der Waals surface area contributed by atoms with Gasteiger partial charge in [0.1, 0.15) is 5.69 Å². The highest BCUT2D eigenvalue weighted by atomic mass is 16.6. The summed E-state index contributed by atoms with van der Waals surface area (Å²) in [5.74, 6) is -1.13. The van der Waals surface area contributed by atoms with Gasteiger partial charge in [0.05, 0.1) is 10.5 Å². The van der Waals surface area contributed by atoms with E-state index in [9.17, 15) is 20.0 Å². The normalized spacial score (nSPS) is 16.0. The van der Waals surface area contributed by atoms with Gasteiger partial charge >= 0.3 is 5.97 Å². The molecule has 2 rings (SSSR count). The maximum absolute atomic E-state index is 11.3. The smallest absolute Gasteiger partial charge is 0.338 e. The number of piperazine rings is 1. The number of carbonyl (C=O) groups is 1. The van der Waals surface area contributed by atoms with Crippen LogP contribution in [0.4, 0.5) is 11.4 Å². The van der Waals surface area contributed by atoms with E-state index in [2.05, 4.69) is 11.8 Å². The molecule has 0 amide bonds. The minimum absolute atomic E-state index is 0.00635. The highest BCUT2D eigenvalue weighted by Gasteiger charge is 2.28. The summed E-state index contributed by atoms with van der Waals surface area (Å²) in [6, 6.07) is 4.20. The zero-order chi connectivity index (χ0) is 15.4. The Balaban J connectivity index is 2.30. The van der Waals surface area contributed by atoms with Gasteiger partial charge in [-0.3, -0.25) is 15.0 Å². The van der Waals surface area contributed by atoms with Gasteiger partial charge in [-0.25, -0.2) is 4.79 Å². The van der Waals surface area contributed by atoms with Crippen LogP contribution in [0.5, 0.6) is 0 Å². The van der Waals surface area contributed by atoms with Gasteiger partial charge in [0, 0.05) is 32.2 Å². The fraction of sp³-hybridized carbons (Fsp3) is 0.500. The highest BCUT2D eigenvalue weighted by molar-refractivity contribution is 5.97. The molecule has 1 saturated heterocycles. The summed E-state index contributed by atoms with van der Waals surface area (Å²) in [6.45, 7) is 5.89. The third-order valence-corrected chi connectivity index (χ3v) is 3.67. The van der Waals surface area contributed by atoms with Crippen LogP contribution in [0.15, 0.2) is 18.2 Å². The molecule has 1 aliphatic rings. The summed E-state index contributed by atoms with van der Waals surface area (Å²) in [5.41, 5.74) is 0.0816. The Kier molecular flexibility index (Phi) is 4.74. The monoisotopic (exact) mass is 293 g/mol. The van der Waals surface area contributed by atoms with Crippen molar-refractivity contribution in [3.05, 3.63) is 33.9 Å². The number of hydrogen-bond acceptors (Lipinski definition) is 5. The molecule has 0 spiro atoms. The lowest BCUT2D eigenvalue weighted by molar-refractivity contribution is -0.384. The van der Waals surface area contributed by atoms with Crippen molar-refractivity contribution in [1.29, 1.82) is 0 Å². The summed E-state index contributed by atoms with van der Waals surface area (Å²) in [4.78, 5) is 26.1. The van der Waals surface area contributed by atoms with Crippen molar-refractivity contribution in [3.63, 3.8) is 0 Å². The number of rotatable bonds is 5. The van der Waals surface area contributed by atoms with Crippen molar-refractivity contribution < 1.29 is 14.8 Å². The van der Waals surface area contributed by atoms with Gasteiger partial charge < -0.3 is 10.0 Å². The minimum Gasteiger partial charge on any atom is -0.478 e. The van der Waals surface area contributed by atoms with Crippen molar-refractivity contribution in [2.75, 3.05) is 37.6 Å². The summed E-state index contributed by atoms with van der Waals surface area (Å²) in [5, 5.41) is 20.5. The molecule has 1 heterocycles. The Morgan fingerprint density at radius 1 is 1.33 bits per heavy atom. The Morgan fingerprint density at radius 2 is 2.00 bits per heavy atom. The Labute approximate surface area is 122 Å². The number of carboxylic acids is 1. The number of anilines is 1. The quantitative estimate of drug-likeness (QED) is 0.658. The Hall–Kier alpha value is -2.15. The van der Waals surface area contributed by atoms with Gasteiger partial charge in [0.15, 0.2) is 0 Å². The van der Waals surface area contributed by atoms with Gasteiger partial charge in [0.2, 0.25) is 0 Å². The average Bonchev–Trinajstić information content (AvgIpc) is 2.47. The molecule has 1 aromatic rings. The molecule has 0 aromatic heterocycles. The maximum atomic E-state index is 11.3. The molecule has 7 heteroatoms. The summed E-state index contributed by atoms with van der Waals surface area (Å²) < 4.78 is 0. The van der Waals surface area contributed by atoms with Gasteiger partial charge in [0.25, 0.3) is 5.69 Å². The van der Waals surface area contributed by atoms with E-state index >= 15 is 0 Å². The van der Waals surface area contributed by atoms with E-state index in [1.165, 1.54) is 18.2 Å². The fourth-order valence-electron chi connectivity index (χ4n) is 2.69. The first-order valence-electron chi connectivity index (χ1n) is 7.02. The van der Waals surface area contributed by atoms with Crippen LogP contribution in [-0.4, -0.2) is 53.6 Å². The molecular formula is C14H19N3O4. The average molecular weight is 293 g/mol. The number of hydrogen-bond donors (Lipinski definition) is 1. The predicted octanol–water partition coefficient (Wildman–Crippen LogP) is 1.83. The number of nitro benzene ring substituents is 1. The molecule has 0 bridgehead atoms. The van der Waals surface area contributed by atoms with Crippen LogP contribution in [0.2, 0.25) is 0 Å². The van der Waals surface area contributed by atoms with Crippen molar-refractivity contribution >= 4 is 17.3 Å². The first kappa shape index (κ1) is 15.2. The lowest BCUT2D eigenvalue weighted by Crippen LogP contribution is -2.47. The fourth-order valence-corrected chi connectivity index (χ4v) is 2.69. The van der Waals surface area contributed by atoms with Crippen LogP contribution < -0.4 is 4.90 Å². The molecule has 0 radical (unpaired) electrons. The minimum atomic E-state index is -1.13. The summed E-state index contributed by atoms with van der Waals surface area (Å²) in [6.07, 6.45) is 1.06. The van der Waals surface area contributed by atoms with Crippen molar-refractivity contribution in [2.45, 2.75) is 13.3 Å². The molecular weight excluding hydrogens is 274 g/mol. The van der Waals surface area contributed by atoms with Crippen molar-refractivity contribution in [3.8, 4) is 0 Å². The summed E-state index contributed by atoms with van der Waals surface area (Å²) in [7, 11) is 0. The SMILES string of the molecule is CCCN1CCN(c2c(C(=O)O)cccc2[N+](=O)[O-])CC1. The van der Waals surface area contributed by atoms with Crippen molar-refractivity contribution in [2.24, 2.45) is 0 Å². The van der Waals surface area contributed by atoms with Crippen LogP contribution in [-0.2, 0) is 0 Å². The molecule has 1 aromatic carbocycles. The van der Waals surface area contributed by atoms with E-state index in [-0.39, 0.29) is 16.9 Å². The van der Waals surface area contributed by atoms with E-state index < -0.39 is 10.9 Å². The number of para-hydroxylation sites is 1. The number of nitro groups is 1. The summed E-state index contributed by atoms with van der Waals surface area (Å²) >= 11 is 0. The molecule has 21 heavy (non-hydrogen) atoms. The zero-order valence-electron chi connectivity index (χ0n) is 12.0. The first-order chi connectivity index (χ1) is 10.0. The number of aromatic carboxylic acids is 1. The van der Waals surface area contributed by atoms with E-state index in [1.807, 2.05) is 4.90 Å². The Bertz CT molecular complexity index is 507. The second-order valence-corrected chi connectivity index (χ2v) is 5.06. The lowest BCUT2D eigenvalue weighted by atomic mass is 10.1. The number of nitrogens with zero attached hydrogens (tertiary/aromatic N) is 3. The molecule has 0 saturated carbocycles. The van der Waals surface area contributed by atoms with Gasteiger partial charge in [-0.15, -0.1) is 0 Å². The topological polar surface area (TPSA) is 86.9 Å². The second kappa shape index (κ2) is 6.53. The second-order valence-electron chi connectivity index (χ2n) is 5.06. The van der Waals surface area contributed by atoms with E-state index in [0.29, 0.717) is 13.1 Å². The lowest BCUT2D eigenvalue weighted by Gasteiger charge is -2.36. The molecule has 7 nitrogen and oxygen atoms in total. The molecule has 0 aliphatic carbocycles. The Morgan fingerprint density at radius 3 is 2.52 bits per heavy atom. The third kappa shape index (κ3) is 3.30. The first-order valence-corrected chi connectivity index (χ1v) is 7.02. The standard InChI is InChI=1S/C14H19N3O4/c1-2-6-15-7-9-16(10-8-15)13-11(14(18)19)4-3-5-12(13)17(20)21/h3-5H,2,6-10H2,1H3,(H,18,19). The predicted molar refractivity (Wildman–Crippen MR) is 79.0 cm³/mol. The van der Waals surface area contributed by atoms with Crippen LogP contribution in [0, 0.1) is 10.1 Å². The molecule has 0 atom stereocenters. The van der Waals surface area contributed by atoms with Crippen LogP contribution >= 0.6 is 0 Å². The highest BCUT2D eigenvalue weighted by Crippen LogP contribution is 2.32. The molecule has 0 unspecified atom stereocenters. The van der Waals surface area contributed by atoms with Crippen LogP contribution in [0.1, 0.15) is 23.7 Å². The molecule has 1 aliphatic heterocycles. The maximum Gasteiger partial charge on any atom is 0.338 e. The van der Waals surface area contributed by atoms with Gasteiger partial charge in [-0.05, 0) is 19.0 Å². The molecule has 1 fully saturated rings. The zero-order valence-corrected chi connectivity index (χ0v) is 12.0. The molecule has 1 N–H and O–H groups in total. The van der Waals surface area contributed by atoms with E-state index in [4.69, 9.17) is 0 Å². The van der Waals surface area contributed by atoms with Crippen LogP contribution in [0.25, 0.3) is 0 Å². The number of carboxylic acid groups (broad SMARTS) is 1. The van der Waals surface area contributed by atoms with Crippen molar-refractivity contribution in [1.82, 2.24) is 4.90 Å². The molecule has 114 valence electrons. The van der Waals surface area contributed by atoms with E-state index in [0.717, 1.165) is 26.1 Å². The van der Waals surface area contributed by atoms with Crippen LogP contribution in [0.3, 0.4) is 0 Å². The van der Waals surface area contributed by atoms with E-state index in [1.54, 1.807) is 0 Å². The largest absolute Gasteiger partial charge is 0.478 e.